The van der Waals surface area contributed by atoms with Crippen LogP contribution in [0, 0.1) is 10.1 Å². The molecular formula is C18H16N4O4. The van der Waals surface area contributed by atoms with E-state index in [9.17, 15) is 10.1 Å². The van der Waals surface area contributed by atoms with E-state index in [0.29, 0.717) is 23.9 Å². The molecule has 0 spiro atoms. The summed E-state index contributed by atoms with van der Waals surface area (Å²) in [6.45, 7) is 1.98. The Morgan fingerprint density at radius 1 is 1.08 bits per heavy atom. The van der Waals surface area contributed by atoms with E-state index < -0.39 is 4.92 Å². The van der Waals surface area contributed by atoms with Crippen molar-refractivity contribution in [1.29, 1.82) is 0 Å². The van der Waals surface area contributed by atoms with Gasteiger partial charge in [0.25, 0.3) is 5.69 Å². The number of methoxy groups -OCH3 is 1. The predicted octanol–water partition coefficient (Wildman–Crippen LogP) is 3.81. The zero-order valence-electron chi connectivity index (χ0n) is 14.2. The molecule has 0 saturated heterocycles. The monoisotopic (exact) mass is 352 g/mol. The minimum Gasteiger partial charge on any atom is -0.493 e. The molecule has 0 bridgehead atoms. The molecule has 0 N–H and O–H groups in total. The van der Waals surface area contributed by atoms with E-state index in [1.54, 1.807) is 18.5 Å². The Hall–Kier alpha value is -3.55. The molecule has 0 amide bonds. The molecule has 0 aliphatic carbocycles. The summed E-state index contributed by atoms with van der Waals surface area (Å²) in [5.41, 5.74) is 1.54. The van der Waals surface area contributed by atoms with Crippen LogP contribution in [0.4, 0.5) is 5.69 Å². The summed E-state index contributed by atoms with van der Waals surface area (Å²) < 4.78 is 11.0. The van der Waals surface area contributed by atoms with Crippen LogP contribution >= 0.6 is 0 Å². The first-order valence-corrected chi connectivity index (χ1v) is 7.89. The van der Waals surface area contributed by atoms with Crippen LogP contribution in [0.1, 0.15) is 12.6 Å². The first-order valence-electron chi connectivity index (χ1n) is 7.89. The van der Waals surface area contributed by atoms with Gasteiger partial charge in [0.1, 0.15) is 0 Å². The lowest BCUT2D eigenvalue weighted by molar-refractivity contribution is -0.384. The molecule has 0 aliphatic rings. The smallest absolute Gasteiger partial charge is 0.273 e. The summed E-state index contributed by atoms with van der Waals surface area (Å²) in [6.07, 6.45) is 4.03. The highest BCUT2D eigenvalue weighted by molar-refractivity contribution is 5.55. The molecule has 2 heterocycles. The third kappa shape index (κ3) is 3.75. The maximum absolute atomic E-state index is 10.9. The van der Waals surface area contributed by atoms with Crippen LogP contribution < -0.4 is 9.47 Å². The zero-order valence-corrected chi connectivity index (χ0v) is 14.2. The number of rotatable bonds is 6. The average molecular weight is 352 g/mol. The molecule has 132 valence electrons. The molecule has 3 rings (SSSR count). The number of non-ortho nitro benzene ring substituents is 1. The van der Waals surface area contributed by atoms with E-state index in [0.717, 1.165) is 11.3 Å². The number of nitro benzene ring substituents is 1. The molecule has 8 heteroatoms. The molecule has 3 aromatic rings. The van der Waals surface area contributed by atoms with Gasteiger partial charge < -0.3 is 9.47 Å². The molecule has 0 saturated carbocycles. The van der Waals surface area contributed by atoms with Crippen LogP contribution in [-0.2, 0) is 6.42 Å². The average Bonchev–Trinajstić information content (AvgIpc) is 2.68. The molecule has 0 fully saturated rings. The maximum atomic E-state index is 10.9. The van der Waals surface area contributed by atoms with Gasteiger partial charge in [-0.05, 0) is 24.6 Å². The van der Waals surface area contributed by atoms with E-state index in [2.05, 4.69) is 15.0 Å². The number of aromatic nitrogens is 3. The summed E-state index contributed by atoms with van der Waals surface area (Å²) in [7, 11) is 1.42. The second-order valence-corrected chi connectivity index (χ2v) is 5.30. The fraction of sp³-hybridized carbons (Fsp3) is 0.167. The first kappa shape index (κ1) is 17.3. The van der Waals surface area contributed by atoms with Crippen molar-refractivity contribution in [1.82, 2.24) is 15.0 Å². The lowest BCUT2D eigenvalue weighted by atomic mass is 10.2. The maximum Gasteiger partial charge on any atom is 0.273 e. The first-order chi connectivity index (χ1) is 12.6. The van der Waals surface area contributed by atoms with Gasteiger partial charge in [0, 0.05) is 35.8 Å². The van der Waals surface area contributed by atoms with Gasteiger partial charge >= 0.3 is 0 Å². The Morgan fingerprint density at radius 3 is 2.50 bits per heavy atom. The van der Waals surface area contributed by atoms with Gasteiger partial charge in [0.15, 0.2) is 17.3 Å². The van der Waals surface area contributed by atoms with E-state index in [-0.39, 0.29) is 11.4 Å². The van der Waals surface area contributed by atoms with E-state index in [1.807, 2.05) is 19.1 Å². The predicted molar refractivity (Wildman–Crippen MR) is 94.4 cm³/mol. The summed E-state index contributed by atoms with van der Waals surface area (Å²) in [6, 6.07) is 9.49. The number of pyridine rings is 1. The van der Waals surface area contributed by atoms with Crippen LogP contribution in [-0.4, -0.2) is 27.0 Å². The molecule has 0 unspecified atom stereocenters. The number of hydrogen-bond donors (Lipinski definition) is 0. The number of benzene rings is 1. The molecule has 0 atom stereocenters. The van der Waals surface area contributed by atoms with Gasteiger partial charge in [-0.3, -0.25) is 15.1 Å². The Bertz CT molecular complexity index is 932. The lowest BCUT2D eigenvalue weighted by Gasteiger charge is -2.11. The molecule has 1 aromatic carbocycles. The Balaban J connectivity index is 1.98. The quantitative estimate of drug-likeness (QED) is 0.491. The van der Waals surface area contributed by atoms with Crippen LogP contribution in [0.15, 0.2) is 48.8 Å². The molecule has 0 radical (unpaired) electrons. The highest BCUT2D eigenvalue weighted by Crippen LogP contribution is 2.34. The fourth-order valence-corrected chi connectivity index (χ4v) is 2.30. The summed E-state index contributed by atoms with van der Waals surface area (Å²) >= 11 is 0. The van der Waals surface area contributed by atoms with Crippen molar-refractivity contribution in [3.05, 3.63) is 64.6 Å². The fourth-order valence-electron chi connectivity index (χ4n) is 2.30. The van der Waals surface area contributed by atoms with E-state index in [1.165, 1.54) is 25.3 Å². The van der Waals surface area contributed by atoms with Crippen molar-refractivity contribution in [2.75, 3.05) is 7.11 Å². The number of ether oxygens (including phenoxy) is 2. The van der Waals surface area contributed by atoms with Gasteiger partial charge in [-0.1, -0.05) is 6.92 Å². The largest absolute Gasteiger partial charge is 0.493 e. The van der Waals surface area contributed by atoms with Crippen molar-refractivity contribution in [2.45, 2.75) is 13.3 Å². The van der Waals surface area contributed by atoms with E-state index in [4.69, 9.17) is 9.47 Å². The number of aryl methyl sites for hydroxylation is 1. The topological polar surface area (TPSA) is 100 Å². The van der Waals surface area contributed by atoms with Crippen molar-refractivity contribution < 1.29 is 14.4 Å². The minimum absolute atomic E-state index is 0.0800. The second kappa shape index (κ2) is 7.56. The zero-order chi connectivity index (χ0) is 18.5. The molecular weight excluding hydrogens is 336 g/mol. The van der Waals surface area contributed by atoms with Gasteiger partial charge in [0.05, 0.1) is 18.1 Å². The molecule has 26 heavy (non-hydrogen) atoms. The van der Waals surface area contributed by atoms with Gasteiger partial charge in [-0.15, -0.1) is 0 Å². The van der Waals surface area contributed by atoms with Crippen LogP contribution in [0.5, 0.6) is 17.4 Å². The molecule has 8 nitrogen and oxygen atoms in total. The van der Waals surface area contributed by atoms with Crippen LogP contribution in [0.25, 0.3) is 11.4 Å². The van der Waals surface area contributed by atoms with Gasteiger partial charge in [-0.25, -0.2) is 4.98 Å². The minimum atomic E-state index is -0.492. The highest BCUT2D eigenvalue weighted by Gasteiger charge is 2.15. The van der Waals surface area contributed by atoms with Crippen LogP contribution in [0.3, 0.4) is 0 Å². The third-order valence-corrected chi connectivity index (χ3v) is 3.63. The highest BCUT2D eigenvalue weighted by atomic mass is 16.6. The normalized spacial score (nSPS) is 10.4. The number of nitro groups is 1. The lowest BCUT2D eigenvalue weighted by Crippen LogP contribution is -1.99. The van der Waals surface area contributed by atoms with Gasteiger partial charge in [0.2, 0.25) is 5.88 Å². The Labute approximate surface area is 149 Å². The molecule has 2 aromatic heterocycles. The van der Waals surface area contributed by atoms with Crippen molar-refractivity contribution in [3.63, 3.8) is 0 Å². The van der Waals surface area contributed by atoms with Crippen molar-refractivity contribution >= 4 is 5.69 Å². The van der Waals surface area contributed by atoms with Crippen molar-refractivity contribution in [3.8, 4) is 28.8 Å². The molecule has 0 aliphatic heterocycles. The Morgan fingerprint density at radius 2 is 1.85 bits per heavy atom. The standard InChI is InChI=1S/C18H16N4O4/c1-3-13-10-17(21-18(20-13)12-6-8-19-9-7-12)26-15-5-4-14(22(23)24)11-16(15)25-2/h4-11H,3H2,1-2H3. The van der Waals surface area contributed by atoms with Gasteiger partial charge in [-0.2, -0.15) is 4.98 Å². The van der Waals surface area contributed by atoms with Crippen molar-refractivity contribution in [2.24, 2.45) is 0 Å². The number of hydrogen-bond acceptors (Lipinski definition) is 7. The summed E-state index contributed by atoms with van der Waals surface area (Å²) in [4.78, 5) is 23.3. The van der Waals surface area contributed by atoms with E-state index >= 15 is 0 Å². The number of nitrogens with zero attached hydrogens (tertiary/aromatic N) is 4. The summed E-state index contributed by atoms with van der Waals surface area (Å²) in [5, 5.41) is 10.9. The Kier molecular flexibility index (Phi) is 5.02. The van der Waals surface area contributed by atoms with Crippen LogP contribution in [0.2, 0.25) is 0 Å². The SMILES string of the molecule is CCc1cc(Oc2ccc([N+](=O)[O-])cc2OC)nc(-c2ccncc2)n1. The summed E-state index contributed by atoms with van der Waals surface area (Å²) in [5.74, 6) is 1.43. The third-order valence-electron chi connectivity index (χ3n) is 3.63. The second-order valence-electron chi connectivity index (χ2n) is 5.30.